The van der Waals surface area contributed by atoms with Crippen LogP contribution in [0.1, 0.15) is 33.6 Å². The Balaban J connectivity index is 1.50. The van der Waals surface area contributed by atoms with Crippen molar-refractivity contribution in [1.82, 2.24) is 9.80 Å². The van der Waals surface area contributed by atoms with Gasteiger partial charge in [-0.3, -0.25) is 14.4 Å². The van der Waals surface area contributed by atoms with Crippen LogP contribution < -0.4 is 10.2 Å². The van der Waals surface area contributed by atoms with E-state index in [0.717, 1.165) is 44.8 Å². The number of carbonyl (C=O) groups is 3. The minimum Gasteiger partial charge on any atom is -0.378 e. The number of hydrogen-bond acceptors (Lipinski definition) is 5. The molecule has 3 amide bonds. The summed E-state index contributed by atoms with van der Waals surface area (Å²) in [5.41, 5.74) is 1.34. The lowest BCUT2D eigenvalue weighted by Crippen LogP contribution is -2.49. The molecule has 0 spiro atoms. The van der Waals surface area contributed by atoms with Gasteiger partial charge in [0.1, 0.15) is 0 Å². The van der Waals surface area contributed by atoms with Gasteiger partial charge in [-0.2, -0.15) is 0 Å². The minimum absolute atomic E-state index is 0.0201. The highest BCUT2D eigenvalue weighted by molar-refractivity contribution is 5.95. The van der Waals surface area contributed by atoms with E-state index >= 15 is 0 Å². The lowest BCUT2D eigenvalue weighted by atomic mass is 9.90. The van der Waals surface area contributed by atoms with Crippen molar-refractivity contribution >= 4 is 29.1 Å². The molecule has 0 aromatic heterocycles. The van der Waals surface area contributed by atoms with Gasteiger partial charge in [-0.1, -0.05) is 20.8 Å². The Bertz CT molecular complexity index is 812. The molecule has 1 aromatic carbocycles. The number of nitrogens with zero attached hydrogens (tertiary/aromatic N) is 3. The highest BCUT2D eigenvalue weighted by Crippen LogP contribution is 2.24. The Morgan fingerprint density at radius 2 is 1.75 bits per heavy atom. The van der Waals surface area contributed by atoms with E-state index in [9.17, 15) is 14.4 Å². The highest BCUT2D eigenvalue weighted by Gasteiger charge is 2.34. The van der Waals surface area contributed by atoms with Crippen LogP contribution in [0.25, 0.3) is 0 Å². The number of piperidine rings is 1. The van der Waals surface area contributed by atoms with Gasteiger partial charge in [0.05, 0.1) is 25.7 Å². The molecule has 8 heteroatoms. The molecule has 2 saturated heterocycles. The fourth-order valence-corrected chi connectivity index (χ4v) is 4.22. The molecule has 32 heavy (non-hydrogen) atoms. The number of morpholine rings is 1. The molecule has 2 fully saturated rings. The Kier molecular flexibility index (Phi) is 7.77. The summed E-state index contributed by atoms with van der Waals surface area (Å²) in [5, 5.41) is 2.87. The second-order valence-electron chi connectivity index (χ2n) is 9.73. The number of likely N-dealkylation sites (N-methyl/N-ethyl adjacent to an activating group) is 1. The Labute approximate surface area is 190 Å². The van der Waals surface area contributed by atoms with E-state index in [2.05, 4.69) is 10.2 Å². The number of ether oxygens (including phenoxy) is 1. The maximum atomic E-state index is 12.9. The van der Waals surface area contributed by atoms with Crippen LogP contribution in [0.4, 0.5) is 11.4 Å². The molecule has 0 saturated carbocycles. The molecule has 0 aliphatic carbocycles. The second-order valence-corrected chi connectivity index (χ2v) is 9.73. The summed E-state index contributed by atoms with van der Waals surface area (Å²) < 4.78 is 5.38. The first kappa shape index (κ1) is 24.0. The van der Waals surface area contributed by atoms with Crippen molar-refractivity contribution in [2.75, 3.05) is 63.2 Å². The van der Waals surface area contributed by atoms with Gasteiger partial charge in [-0.25, -0.2) is 0 Å². The molecule has 3 rings (SSSR count). The average molecular weight is 445 g/mol. The molecule has 1 aromatic rings. The summed E-state index contributed by atoms with van der Waals surface area (Å²) in [7, 11) is 1.65. The predicted octanol–water partition coefficient (Wildman–Crippen LogP) is 2.20. The molecule has 1 N–H and O–H groups in total. The van der Waals surface area contributed by atoms with Gasteiger partial charge >= 0.3 is 0 Å². The van der Waals surface area contributed by atoms with Crippen LogP contribution >= 0.6 is 0 Å². The van der Waals surface area contributed by atoms with E-state index in [1.807, 2.05) is 45.0 Å². The molecule has 1 atom stereocenters. The maximum Gasteiger partial charge on any atom is 0.243 e. The topological polar surface area (TPSA) is 82.2 Å². The van der Waals surface area contributed by atoms with Gasteiger partial charge in [-0.05, 0) is 37.1 Å². The Morgan fingerprint density at radius 1 is 1.09 bits per heavy atom. The van der Waals surface area contributed by atoms with Crippen LogP contribution in [-0.2, 0) is 19.1 Å². The molecule has 0 radical (unpaired) electrons. The summed E-state index contributed by atoms with van der Waals surface area (Å²) in [6.07, 6.45) is 1.54. The molecule has 8 nitrogen and oxygen atoms in total. The largest absolute Gasteiger partial charge is 0.378 e. The third-order valence-corrected chi connectivity index (χ3v) is 5.98. The zero-order valence-electron chi connectivity index (χ0n) is 19.7. The summed E-state index contributed by atoms with van der Waals surface area (Å²) in [6.45, 7) is 9.93. The van der Waals surface area contributed by atoms with E-state index < -0.39 is 5.41 Å². The number of likely N-dealkylation sites (tertiary alicyclic amines) is 1. The minimum atomic E-state index is -0.464. The highest BCUT2D eigenvalue weighted by atomic mass is 16.5. The fourth-order valence-electron chi connectivity index (χ4n) is 4.22. The van der Waals surface area contributed by atoms with Crippen molar-refractivity contribution in [1.29, 1.82) is 0 Å². The normalized spacial score (nSPS) is 19.4. The lowest BCUT2D eigenvalue weighted by Gasteiger charge is -2.37. The number of nitrogens with one attached hydrogen (secondary N) is 1. The first-order valence-electron chi connectivity index (χ1n) is 11.4. The summed E-state index contributed by atoms with van der Waals surface area (Å²) >= 11 is 0. The van der Waals surface area contributed by atoms with Crippen LogP contribution in [0.15, 0.2) is 24.3 Å². The SMILES string of the molecule is CN(CC(=O)Nc1ccc(N2CCOCC2)cc1)C(=O)C1CCCN(C(=O)C(C)(C)C)C1. The first-order valence-corrected chi connectivity index (χ1v) is 11.4. The van der Waals surface area contributed by atoms with E-state index in [0.29, 0.717) is 18.8 Å². The quantitative estimate of drug-likeness (QED) is 0.753. The van der Waals surface area contributed by atoms with Gasteiger partial charge in [-0.15, -0.1) is 0 Å². The van der Waals surface area contributed by atoms with E-state index in [1.54, 1.807) is 11.9 Å². The lowest BCUT2D eigenvalue weighted by molar-refractivity contribution is -0.145. The smallest absolute Gasteiger partial charge is 0.243 e. The number of carbonyl (C=O) groups excluding carboxylic acids is 3. The Hall–Kier alpha value is -2.61. The molecule has 1 unspecified atom stereocenters. The third kappa shape index (κ3) is 6.22. The maximum absolute atomic E-state index is 12.9. The molecular formula is C24H36N4O4. The summed E-state index contributed by atoms with van der Waals surface area (Å²) in [6, 6.07) is 7.72. The van der Waals surface area contributed by atoms with Crippen molar-refractivity contribution in [2.24, 2.45) is 11.3 Å². The summed E-state index contributed by atoms with van der Waals surface area (Å²) in [4.78, 5) is 43.5. The van der Waals surface area contributed by atoms with Gasteiger partial charge < -0.3 is 24.8 Å². The average Bonchev–Trinajstić information content (AvgIpc) is 2.78. The molecule has 2 heterocycles. The molecule has 2 aliphatic heterocycles. The van der Waals surface area contributed by atoms with Crippen molar-refractivity contribution < 1.29 is 19.1 Å². The number of hydrogen-bond donors (Lipinski definition) is 1. The second kappa shape index (κ2) is 10.3. The van der Waals surface area contributed by atoms with Gasteiger partial charge in [0.2, 0.25) is 17.7 Å². The van der Waals surface area contributed by atoms with Crippen LogP contribution in [0.3, 0.4) is 0 Å². The van der Waals surface area contributed by atoms with Crippen molar-refractivity contribution in [2.45, 2.75) is 33.6 Å². The van der Waals surface area contributed by atoms with E-state index in [4.69, 9.17) is 4.74 Å². The predicted molar refractivity (Wildman–Crippen MR) is 124 cm³/mol. The molecule has 2 aliphatic rings. The Morgan fingerprint density at radius 3 is 2.38 bits per heavy atom. The van der Waals surface area contributed by atoms with Crippen LogP contribution in [0.5, 0.6) is 0 Å². The van der Waals surface area contributed by atoms with Crippen molar-refractivity contribution in [3.05, 3.63) is 24.3 Å². The van der Waals surface area contributed by atoms with E-state index in [-0.39, 0.29) is 30.2 Å². The third-order valence-electron chi connectivity index (χ3n) is 5.98. The zero-order valence-corrected chi connectivity index (χ0v) is 19.7. The zero-order chi connectivity index (χ0) is 23.3. The summed E-state index contributed by atoms with van der Waals surface area (Å²) in [5.74, 6) is -0.524. The first-order chi connectivity index (χ1) is 15.1. The molecular weight excluding hydrogens is 408 g/mol. The van der Waals surface area contributed by atoms with Gasteiger partial charge in [0.15, 0.2) is 0 Å². The molecule has 0 bridgehead atoms. The number of anilines is 2. The number of benzene rings is 1. The number of rotatable bonds is 5. The van der Waals surface area contributed by atoms with Crippen LogP contribution in [0.2, 0.25) is 0 Å². The van der Waals surface area contributed by atoms with Gasteiger partial charge in [0, 0.05) is 50.0 Å². The van der Waals surface area contributed by atoms with Crippen LogP contribution in [-0.4, -0.2) is 80.5 Å². The standard InChI is InChI=1S/C24H36N4O4/c1-24(2,3)23(31)28-11-5-6-18(16-28)22(30)26(4)17-21(29)25-19-7-9-20(10-8-19)27-12-14-32-15-13-27/h7-10,18H,5-6,11-17H2,1-4H3,(H,25,29). The van der Waals surface area contributed by atoms with Crippen molar-refractivity contribution in [3.8, 4) is 0 Å². The number of amides is 3. The molecule has 176 valence electrons. The van der Waals surface area contributed by atoms with Crippen LogP contribution in [0, 0.1) is 11.3 Å². The van der Waals surface area contributed by atoms with Crippen molar-refractivity contribution in [3.63, 3.8) is 0 Å². The monoisotopic (exact) mass is 444 g/mol. The van der Waals surface area contributed by atoms with E-state index in [1.165, 1.54) is 4.90 Å². The van der Waals surface area contributed by atoms with Gasteiger partial charge in [0.25, 0.3) is 0 Å². The fraction of sp³-hybridized carbons (Fsp3) is 0.625.